The summed E-state index contributed by atoms with van der Waals surface area (Å²) in [6.45, 7) is 6.67. The number of nitrogens with one attached hydrogen (secondary N) is 7. The van der Waals surface area contributed by atoms with Gasteiger partial charge in [-0.25, -0.2) is 4.79 Å². The molecule has 1 fully saturated rings. The first kappa shape index (κ1) is 65.4. The molecule has 5 aromatic carbocycles. The fourth-order valence-electron chi connectivity index (χ4n) is 11.1. The smallest absolute Gasteiger partial charge is 0.330 e. The van der Waals surface area contributed by atoms with Crippen molar-refractivity contribution < 1.29 is 93.0 Å². The van der Waals surface area contributed by atoms with Gasteiger partial charge in [0.1, 0.15) is 71.2 Å². The molecule has 478 valence electrons. The first-order valence-corrected chi connectivity index (χ1v) is 28.9. The molecular formula is C60H65Cl2N9O19. The van der Waals surface area contributed by atoms with Crippen LogP contribution < -0.4 is 58.2 Å². The maximum absolute atomic E-state index is 15.7. The number of carboxylic acid groups (broad SMARTS) is 1. The number of aromatic hydroxyl groups is 4. The summed E-state index contributed by atoms with van der Waals surface area (Å²) in [6.07, 6.45) is -8.53. The maximum atomic E-state index is 15.7. The van der Waals surface area contributed by atoms with Crippen molar-refractivity contribution in [1.29, 1.82) is 0 Å². The maximum Gasteiger partial charge on any atom is 0.330 e. The summed E-state index contributed by atoms with van der Waals surface area (Å²) in [5.74, 6) is -15.1. The molecular weight excluding hydrogens is 1220 g/mol. The highest BCUT2D eigenvalue weighted by Crippen LogP contribution is 2.48. The zero-order valence-electron chi connectivity index (χ0n) is 48.6. The van der Waals surface area contributed by atoms with E-state index >= 15 is 19.2 Å². The molecule has 0 spiro atoms. The molecule has 6 aliphatic heterocycles. The molecule has 0 radical (unpaired) electrons. The number of carbonyl (C=O) groups is 8. The van der Waals surface area contributed by atoms with Gasteiger partial charge in [-0.05, 0) is 110 Å². The first-order valence-electron chi connectivity index (χ1n) is 28.1. The molecule has 18 N–H and O–H groups in total. The number of carboxylic acids is 1. The lowest BCUT2D eigenvalue weighted by atomic mass is 9.86. The van der Waals surface area contributed by atoms with Crippen molar-refractivity contribution in [2.75, 3.05) is 7.05 Å². The second-order valence-corrected chi connectivity index (χ2v) is 23.7. The molecule has 11 rings (SSSR count). The molecule has 6 aliphatic rings. The number of fused-ring (bicyclic) bond motifs is 15. The number of nitrogens with two attached hydrogens (primary N) is 2. The van der Waals surface area contributed by atoms with E-state index in [2.05, 4.69) is 37.2 Å². The van der Waals surface area contributed by atoms with Crippen molar-refractivity contribution in [2.45, 2.75) is 125 Å². The van der Waals surface area contributed by atoms with Crippen LogP contribution in [0.5, 0.6) is 46.0 Å². The zero-order valence-corrected chi connectivity index (χ0v) is 50.1. The number of phenolic OH excluding ortho intramolecular Hbond substituents is 4. The van der Waals surface area contributed by atoms with Gasteiger partial charge in [0.2, 0.25) is 47.1 Å². The Hall–Kier alpha value is -9.00. The van der Waals surface area contributed by atoms with Crippen LogP contribution in [0, 0.1) is 5.92 Å². The number of likely N-dealkylation sites (N-methyl/N-ethyl adjacent to an activating group) is 1. The highest BCUT2D eigenvalue weighted by Gasteiger charge is 2.47. The van der Waals surface area contributed by atoms with E-state index in [0.717, 1.165) is 42.5 Å². The molecule has 7 amide bonds. The van der Waals surface area contributed by atoms with Crippen LogP contribution in [-0.2, 0) is 47.8 Å². The van der Waals surface area contributed by atoms with E-state index in [0.29, 0.717) is 0 Å². The Morgan fingerprint density at radius 3 is 1.93 bits per heavy atom. The summed E-state index contributed by atoms with van der Waals surface area (Å²) in [5.41, 5.74) is 8.57. The number of aliphatic hydroxyl groups is 2. The quantitative estimate of drug-likeness (QED) is 0.0955. The standard InChI is InChI=1S/C60H65Cl2N9O19/c1-22(2)12-33(65-5)53(79)70-47-49(76)25-7-10-37(31(61)14-25)88-39-16-27-17-40(50(39)77)89-38-11-8-26(15-32(38)62)51(90-42-21-60(4,64)52(78)23(3)87-42)48-58(84)69-46(59(85)86)30-18-28(72)19-36(74)43(30)29-13-24(6-9-35(29)73)44(55(81)71-48)68-56(82)45(27)67-54(80)34(20-41(63)75)66-57(47)83/h6-11,13-19,22-23,33-34,42,44-49,51-52,65,72-74,76-78H,12,20-21,64H2,1-5H3,(H2,63,75)(H,66,83)(H,67,80)(H,68,82)(H,69,84)(H,70,79)(H,71,81)(H,85,86)/t23-,33+,34-,42-,44+,45+,46+,47+,48-,49+,51+,52+,60-/m0/s1. The van der Waals surface area contributed by atoms with Crippen LogP contribution in [0.25, 0.3) is 11.1 Å². The fourth-order valence-corrected chi connectivity index (χ4v) is 11.6. The topological polar surface area (TPSA) is 451 Å². The summed E-state index contributed by atoms with van der Waals surface area (Å²) >= 11 is 13.9. The van der Waals surface area contributed by atoms with Crippen LogP contribution in [0.3, 0.4) is 0 Å². The molecule has 13 atom stereocenters. The van der Waals surface area contributed by atoms with Gasteiger partial charge in [0.15, 0.2) is 23.8 Å². The number of phenols is 4. The summed E-state index contributed by atoms with van der Waals surface area (Å²) in [4.78, 5) is 116. The Morgan fingerprint density at radius 1 is 0.733 bits per heavy atom. The highest BCUT2D eigenvalue weighted by molar-refractivity contribution is 6.32. The lowest BCUT2D eigenvalue weighted by Gasteiger charge is -2.44. The molecule has 5 aromatic rings. The van der Waals surface area contributed by atoms with Gasteiger partial charge in [-0.1, -0.05) is 55.2 Å². The Kier molecular flexibility index (Phi) is 19.1. The van der Waals surface area contributed by atoms with E-state index in [1.165, 1.54) is 57.3 Å². The summed E-state index contributed by atoms with van der Waals surface area (Å²) in [7, 11) is 1.50. The number of aliphatic carboxylic acids is 1. The Labute approximate surface area is 522 Å². The fraction of sp³-hybridized carbons (Fsp3) is 0.367. The van der Waals surface area contributed by atoms with Crippen LogP contribution in [0.15, 0.2) is 78.9 Å². The number of carbonyl (C=O) groups excluding carboxylic acids is 7. The van der Waals surface area contributed by atoms with E-state index < -0.39 is 183 Å². The average Bonchev–Trinajstić information content (AvgIpc) is 0.826. The van der Waals surface area contributed by atoms with Gasteiger partial charge >= 0.3 is 5.97 Å². The van der Waals surface area contributed by atoms with Gasteiger partial charge in [0.25, 0.3) is 0 Å². The lowest BCUT2D eigenvalue weighted by molar-refractivity contribution is -0.255. The Morgan fingerprint density at radius 2 is 1.33 bits per heavy atom. The van der Waals surface area contributed by atoms with Crippen LogP contribution in [-0.4, -0.2) is 138 Å². The van der Waals surface area contributed by atoms with E-state index in [1.54, 1.807) is 0 Å². The number of ether oxygens (including phenoxy) is 4. The van der Waals surface area contributed by atoms with Gasteiger partial charge < -0.3 is 103 Å². The first-order chi connectivity index (χ1) is 42.4. The van der Waals surface area contributed by atoms with Crippen LogP contribution >= 0.6 is 23.2 Å². The molecule has 90 heavy (non-hydrogen) atoms. The minimum Gasteiger partial charge on any atom is -0.508 e. The number of halogens is 2. The van der Waals surface area contributed by atoms with E-state index in [1.807, 2.05) is 13.8 Å². The molecule has 11 bridgehead atoms. The molecule has 0 saturated carbocycles. The SMILES string of the molecule is CN[C@H](CC(C)C)C(=O)N[C@H]1C(=O)N[C@@H](CC(N)=O)C(=O)N[C@H]2C(=O)N[C@H]3C(=O)N[C@H](C(=O)N[C@@H](C(=O)O)c4cc(O)cc(O)c4-c4cc3ccc4O)[C@H](O[C@H]3C[C@](C)(N)[C@H](O)[C@H](C)O3)c3ccc(c(Cl)c3)Oc3cc2cc(c3O)Oc2ccc(cc2Cl)[C@H]1O. The molecule has 0 aromatic heterocycles. The number of hydrogen-bond donors (Lipinski definition) is 16. The average molecular weight is 1290 g/mol. The van der Waals surface area contributed by atoms with Crippen molar-refractivity contribution in [3.8, 4) is 57.1 Å². The predicted molar refractivity (Wildman–Crippen MR) is 317 cm³/mol. The van der Waals surface area contributed by atoms with Crippen LogP contribution in [0.1, 0.15) is 105 Å². The minimum absolute atomic E-state index is 0.0478. The van der Waals surface area contributed by atoms with Crippen molar-refractivity contribution >= 4 is 70.5 Å². The molecule has 1 saturated heterocycles. The summed E-state index contributed by atoms with van der Waals surface area (Å²) in [6, 6.07) is 0.804. The number of benzene rings is 5. The largest absolute Gasteiger partial charge is 0.508 e. The lowest BCUT2D eigenvalue weighted by Crippen LogP contribution is -2.61. The van der Waals surface area contributed by atoms with E-state index in [9.17, 15) is 54.9 Å². The predicted octanol–water partition coefficient (Wildman–Crippen LogP) is 2.63. The third kappa shape index (κ3) is 13.7. The van der Waals surface area contributed by atoms with Crippen molar-refractivity contribution in [3.63, 3.8) is 0 Å². The molecule has 28 nitrogen and oxygen atoms in total. The highest BCUT2D eigenvalue weighted by atomic mass is 35.5. The Balaban J connectivity index is 1.29. The zero-order chi connectivity index (χ0) is 65.5. The number of hydrogen-bond acceptors (Lipinski definition) is 20. The third-order valence-corrected chi connectivity index (χ3v) is 16.3. The van der Waals surface area contributed by atoms with E-state index in [4.69, 9.17) is 53.6 Å². The summed E-state index contributed by atoms with van der Waals surface area (Å²) < 4.78 is 25.1. The van der Waals surface area contributed by atoms with Crippen LogP contribution in [0.4, 0.5) is 0 Å². The number of rotatable bonds is 10. The van der Waals surface area contributed by atoms with Gasteiger partial charge in [-0.3, -0.25) is 33.6 Å². The second-order valence-electron chi connectivity index (χ2n) is 22.9. The number of primary amides is 1. The van der Waals surface area contributed by atoms with Crippen molar-refractivity contribution in [1.82, 2.24) is 37.2 Å². The third-order valence-electron chi connectivity index (χ3n) is 15.7. The van der Waals surface area contributed by atoms with E-state index in [-0.39, 0.29) is 62.6 Å². The van der Waals surface area contributed by atoms with Gasteiger partial charge in [-0.2, -0.15) is 0 Å². The Bertz CT molecular complexity index is 3720. The summed E-state index contributed by atoms with van der Waals surface area (Å²) in [5, 5.41) is 97.0. The van der Waals surface area contributed by atoms with Crippen LogP contribution in [0.2, 0.25) is 10.0 Å². The number of amides is 7. The monoisotopic (exact) mass is 1290 g/mol. The minimum atomic E-state index is -2.22. The molecule has 0 aliphatic carbocycles. The normalized spacial score (nSPS) is 26.4. The number of aliphatic hydroxyl groups excluding tert-OH is 2. The van der Waals surface area contributed by atoms with Crippen molar-refractivity contribution in [2.24, 2.45) is 17.4 Å². The van der Waals surface area contributed by atoms with Gasteiger partial charge in [0.05, 0.1) is 34.7 Å². The second kappa shape index (κ2) is 26.2. The van der Waals surface area contributed by atoms with Gasteiger partial charge in [0, 0.05) is 34.7 Å². The molecule has 30 heteroatoms. The molecule has 0 unspecified atom stereocenters. The van der Waals surface area contributed by atoms with Gasteiger partial charge in [-0.15, -0.1) is 0 Å². The molecule has 6 heterocycles. The van der Waals surface area contributed by atoms with Crippen molar-refractivity contribution in [3.05, 3.63) is 117 Å².